The molecule has 0 saturated carbocycles. The average Bonchev–Trinajstić information content (AvgIpc) is 2.38. The van der Waals surface area contributed by atoms with Crippen LogP contribution in [0.2, 0.25) is 10.0 Å². The van der Waals surface area contributed by atoms with Crippen molar-refractivity contribution in [3.8, 4) is 0 Å². The number of nitrogens with one attached hydrogen (secondary N) is 1. The second-order valence-electron chi connectivity index (χ2n) is 3.96. The highest BCUT2D eigenvalue weighted by molar-refractivity contribution is 6.35. The minimum absolute atomic E-state index is 0.0689. The third-order valence-electron chi connectivity index (χ3n) is 2.61. The van der Waals surface area contributed by atoms with Crippen LogP contribution in [0.25, 0.3) is 0 Å². The van der Waals surface area contributed by atoms with Gasteiger partial charge in [0.05, 0.1) is 11.1 Å². The molecule has 0 aliphatic rings. The Kier molecular flexibility index (Phi) is 4.07. The summed E-state index contributed by atoms with van der Waals surface area (Å²) in [5, 5.41) is 3.39. The van der Waals surface area contributed by atoms with Crippen LogP contribution in [0.5, 0.6) is 0 Å². The molecule has 0 spiro atoms. The summed E-state index contributed by atoms with van der Waals surface area (Å²) in [7, 11) is 0. The van der Waals surface area contributed by atoms with Gasteiger partial charge in [-0.15, -0.1) is 0 Å². The van der Waals surface area contributed by atoms with E-state index in [1.54, 1.807) is 12.1 Å². The predicted molar refractivity (Wildman–Crippen MR) is 74.9 cm³/mol. The fourth-order valence-electron chi connectivity index (χ4n) is 1.55. The number of rotatable bonds is 3. The van der Waals surface area contributed by atoms with Gasteiger partial charge in [-0.2, -0.15) is 0 Å². The first-order valence-electron chi connectivity index (χ1n) is 5.46. The Morgan fingerprint density at radius 2 is 2.05 bits per heavy atom. The first-order chi connectivity index (χ1) is 8.99. The number of hydrogen-bond donors (Lipinski definition) is 2. The molecule has 1 heterocycles. The molecule has 0 radical (unpaired) electrons. The van der Waals surface area contributed by atoms with E-state index in [1.165, 1.54) is 12.4 Å². The zero-order chi connectivity index (χ0) is 14.0. The summed E-state index contributed by atoms with van der Waals surface area (Å²) in [6.45, 7) is 1.87. The van der Waals surface area contributed by atoms with Crippen molar-refractivity contribution in [3.63, 3.8) is 0 Å². The number of nitrogens with two attached hydrogens (primary N) is 1. The molecule has 2 rings (SSSR count). The van der Waals surface area contributed by atoms with Crippen LogP contribution < -0.4 is 11.1 Å². The molecule has 7 heteroatoms. The zero-order valence-electron chi connectivity index (χ0n) is 9.99. The second kappa shape index (κ2) is 5.59. The predicted octanol–water partition coefficient (Wildman–Crippen LogP) is 3.68. The van der Waals surface area contributed by atoms with Gasteiger partial charge >= 0.3 is 0 Å². The lowest BCUT2D eigenvalue weighted by molar-refractivity contribution is 0.627. The summed E-state index contributed by atoms with van der Waals surface area (Å²) >= 11 is 11.7. The Morgan fingerprint density at radius 1 is 1.32 bits per heavy atom. The average molecular weight is 301 g/mol. The molecule has 0 aliphatic carbocycles. The van der Waals surface area contributed by atoms with E-state index in [2.05, 4.69) is 15.3 Å². The lowest BCUT2D eigenvalue weighted by atomic mass is 10.1. The van der Waals surface area contributed by atoms with E-state index in [0.717, 1.165) is 5.56 Å². The van der Waals surface area contributed by atoms with Gasteiger partial charge in [0.2, 0.25) is 0 Å². The molecule has 100 valence electrons. The van der Waals surface area contributed by atoms with E-state index < -0.39 is 5.82 Å². The lowest BCUT2D eigenvalue weighted by Crippen LogP contribution is -2.09. The van der Waals surface area contributed by atoms with Crippen molar-refractivity contribution in [3.05, 3.63) is 46.0 Å². The quantitative estimate of drug-likeness (QED) is 0.907. The molecule has 0 bridgehead atoms. The maximum absolute atomic E-state index is 13.1. The molecular weight excluding hydrogens is 290 g/mol. The van der Waals surface area contributed by atoms with Gasteiger partial charge in [-0.3, -0.25) is 0 Å². The number of hydrogen-bond acceptors (Lipinski definition) is 4. The van der Waals surface area contributed by atoms with Crippen LogP contribution in [0.15, 0.2) is 24.5 Å². The van der Waals surface area contributed by atoms with E-state index in [1.807, 2.05) is 6.92 Å². The number of anilines is 2. The standard InChI is InChI=1S/C12H11Cl2FN4/c1-6(7-2-3-9(15)8(13)4-7)19-12-10(14)11(16)17-5-18-12/h2-6H,1H3,(H3,16,17,18,19). The number of nitrogen functional groups attached to an aromatic ring is 1. The molecule has 1 aromatic heterocycles. The van der Waals surface area contributed by atoms with Gasteiger partial charge in [0.25, 0.3) is 0 Å². The molecule has 4 nitrogen and oxygen atoms in total. The Balaban J connectivity index is 2.23. The van der Waals surface area contributed by atoms with Crippen molar-refractivity contribution < 1.29 is 4.39 Å². The van der Waals surface area contributed by atoms with Crippen LogP contribution in [0.1, 0.15) is 18.5 Å². The maximum atomic E-state index is 13.1. The Bertz CT molecular complexity index is 606. The molecule has 0 fully saturated rings. The van der Waals surface area contributed by atoms with Crippen LogP contribution in [0.3, 0.4) is 0 Å². The molecule has 1 aromatic carbocycles. The normalized spacial score (nSPS) is 12.2. The molecule has 3 N–H and O–H groups in total. The summed E-state index contributed by atoms with van der Waals surface area (Å²) in [5.74, 6) is 0.160. The minimum Gasteiger partial charge on any atom is -0.382 e. The van der Waals surface area contributed by atoms with Crippen LogP contribution in [-0.4, -0.2) is 9.97 Å². The SMILES string of the molecule is CC(Nc1ncnc(N)c1Cl)c1ccc(F)c(Cl)c1. The summed E-state index contributed by atoms with van der Waals surface area (Å²) in [6.07, 6.45) is 1.31. The van der Waals surface area contributed by atoms with Crippen molar-refractivity contribution in [2.24, 2.45) is 0 Å². The topological polar surface area (TPSA) is 63.8 Å². The van der Waals surface area contributed by atoms with Crippen molar-refractivity contribution in [1.82, 2.24) is 9.97 Å². The van der Waals surface area contributed by atoms with Gasteiger partial charge in [-0.25, -0.2) is 14.4 Å². The second-order valence-corrected chi connectivity index (χ2v) is 4.75. The van der Waals surface area contributed by atoms with Gasteiger partial charge in [0.15, 0.2) is 5.82 Å². The lowest BCUT2D eigenvalue weighted by Gasteiger charge is -2.16. The van der Waals surface area contributed by atoms with Gasteiger partial charge in [0.1, 0.15) is 23.0 Å². The van der Waals surface area contributed by atoms with Crippen LogP contribution in [-0.2, 0) is 0 Å². The summed E-state index contributed by atoms with van der Waals surface area (Å²) in [6, 6.07) is 4.33. The Labute approximate surface area is 119 Å². The van der Waals surface area contributed by atoms with E-state index >= 15 is 0 Å². The summed E-state index contributed by atoms with van der Waals surface area (Å²) in [5.41, 5.74) is 6.39. The number of aromatic nitrogens is 2. The van der Waals surface area contributed by atoms with Gasteiger partial charge in [-0.05, 0) is 24.6 Å². The molecule has 0 saturated heterocycles. The maximum Gasteiger partial charge on any atom is 0.150 e. The minimum atomic E-state index is -0.457. The van der Waals surface area contributed by atoms with Crippen molar-refractivity contribution in [2.45, 2.75) is 13.0 Å². The summed E-state index contributed by atoms with van der Waals surface area (Å²) in [4.78, 5) is 7.77. The van der Waals surface area contributed by atoms with E-state index in [-0.39, 0.29) is 21.9 Å². The zero-order valence-corrected chi connectivity index (χ0v) is 11.5. The van der Waals surface area contributed by atoms with E-state index in [4.69, 9.17) is 28.9 Å². The molecule has 2 aromatic rings. The third-order valence-corrected chi connectivity index (χ3v) is 3.28. The highest BCUT2D eigenvalue weighted by Crippen LogP contribution is 2.28. The van der Waals surface area contributed by atoms with Gasteiger partial charge in [0, 0.05) is 0 Å². The van der Waals surface area contributed by atoms with E-state index in [9.17, 15) is 4.39 Å². The molecule has 1 atom stereocenters. The number of benzene rings is 1. The fraction of sp³-hybridized carbons (Fsp3) is 0.167. The largest absolute Gasteiger partial charge is 0.382 e. The highest BCUT2D eigenvalue weighted by atomic mass is 35.5. The Morgan fingerprint density at radius 3 is 2.74 bits per heavy atom. The summed E-state index contributed by atoms with van der Waals surface area (Å²) < 4.78 is 13.1. The van der Waals surface area contributed by atoms with Crippen molar-refractivity contribution in [1.29, 1.82) is 0 Å². The first-order valence-corrected chi connectivity index (χ1v) is 6.22. The fourth-order valence-corrected chi connectivity index (χ4v) is 1.90. The van der Waals surface area contributed by atoms with Crippen molar-refractivity contribution in [2.75, 3.05) is 11.1 Å². The Hall–Kier alpha value is -1.59. The van der Waals surface area contributed by atoms with E-state index in [0.29, 0.717) is 5.82 Å². The molecule has 0 amide bonds. The van der Waals surface area contributed by atoms with Crippen LogP contribution >= 0.6 is 23.2 Å². The number of halogens is 3. The number of nitrogens with zero attached hydrogens (tertiary/aromatic N) is 2. The monoisotopic (exact) mass is 300 g/mol. The van der Waals surface area contributed by atoms with Crippen LogP contribution in [0, 0.1) is 5.82 Å². The molecule has 0 aliphatic heterocycles. The van der Waals surface area contributed by atoms with Crippen molar-refractivity contribution >= 4 is 34.8 Å². The molecular formula is C12H11Cl2FN4. The highest BCUT2D eigenvalue weighted by Gasteiger charge is 2.12. The van der Waals surface area contributed by atoms with Gasteiger partial charge in [-0.1, -0.05) is 29.3 Å². The van der Waals surface area contributed by atoms with Crippen LogP contribution in [0.4, 0.5) is 16.0 Å². The molecule has 1 unspecified atom stereocenters. The molecule has 19 heavy (non-hydrogen) atoms. The third kappa shape index (κ3) is 3.05. The van der Waals surface area contributed by atoms with Gasteiger partial charge < -0.3 is 11.1 Å². The smallest absolute Gasteiger partial charge is 0.150 e. The first kappa shape index (κ1) is 13.8.